The van der Waals surface area contributed by atoms with E-state index < -0.39 is 11.5 Å². The van der Waals surface area contributed by atoms with Crippen LogP contribution in [0.2, 0.25) is 5.02 Å². The van der Waals surface area contributed by atoms with Crippen LogP contribution in [0.25, 0.3) is 0 Å². The SMILES string of the molecule is O=[N+]([O-])c1ccc(NCc2nccn2C(F)F)c(Cl)c1. The van der Waals surface area contributed by atoms with Gasteiger partial charge >= 0.3 is 6.55 Å². The van der Waals surface area contributed by atoms with Crippen molar-refractivity contribution in [3.05, 3.63) is 51.6 Å². The van der Waals surface area contributed by atoms with Crippen molar-refractivity contribution in [2.24, 2.45) is 0 Å². The highest BCUT2D eigenvalue weighted by atomic mass is 35.5. The molecule has 0 spiro atoms. The van der Waals surface area contributed by atoms with Crippen molar-refractivity contribution in [2.45, 2.75) is 13.1 Å². The number of hydrogen-bond acceptors (Lipinski definition) is 4. The fourth-order valence-corrected chi connectivity index (χ4v) is 1.84. The van der Waals surface area contributed by atoms with Crippen LogP contribution >= 0.6 is 11.6 Å². The number of hydrogen-bond donors (Lipinski definition) is 1. The number of anilines is 1. The lowest BCUT2D eigenvalue weighted by atomic mass is 10.3. The summed E-state index contributed by atoms with van der Waals surface area (Å²) in [6, 6.07) is 3.87. The Hall–Kier alpha value is -2.22. The van der Waals surface area contributed by atoms with E-state index in [1.165, 1.54) is 30.6 Å². The highest BCUT2D eigenvalue weighted by Gasteiger charge is 2.13. The van der Waals surface area contributed by atoms with Crippen molar-refractivity contribution in [2.75, 3.05) is 5.32 Å². The predicted molar refractivity (Wildman–Crippen MR) is 68.9 cm³/mol. The van der Waals surface area contributed by atoms with Crippen molar-refractivity contribution in [3.8, 4) is 0 Å². The summed E-state index contributed by atoms with van der Waals surface area (Å²) in [7, 11) is 0. The minimum atomic E-state index is -2.68. The third kappa shape index (κ3) is 3.02. The molecule has 0 radical (unpaired) electrons. The van der Waals surface area contributed by atoms with Crippen LogP contribution in [0.15, 0.2) is 30.6 Å². The van der Waals surface area contributed by atoms with Gasteiger partial charge in [-0.2, -0.15) is 8.78 Å². The van der Waals surface area contributed by atoms with E-state index in [0.29, 0.717) is 10.3 Å². The fraction of sp³-hybridized carbons (Fsp3) is 0.182. The zero-order valence-electron chi connectivity index (χ0n) is 9.96. The normalized spacial score (nSPS) is 10.8. The molecular weight excluding hydrogens is 294 g/mol. The van der Waals surface area contributed by atoms with Crippen LogP contribution < -0.4 is 5.32 Å². The van der Waals surface area contributed by atoms with Crippen LogP contribution in [-0.2, 0) is 6.54 Å². The molecule has 0 bridgehead atoms. The number of nitrogens with one attached hydrogen (secondary N) is 1. The maximum absolute atomic E-state index is 12.6. The second-order valence-corrected chi connectivity index (χ2v) is 4.21. The van der Waals surface area contributed by atoms with E-state index in [9.17, 15) is 18.9 Å². The van der Waals surface area contributed by atoms with E-state index in [4.69, 9.17) is 11.6 Å². The second-order valence-electron chi connectivity index (χ2n) is 3.80. The monoisotopic (exact) mass is 302 g/mol. The molecule has 20 heavy (non-hydrogen) atoms. The van der Waals surface area contributed by atoms with Gasteiger partial charge in [0.15, 0.2) is 0 Å². The molecule has 0 saturated carbocycles. The molecule has 6 nitrogen and oxygen atoms in total. The Labute approximate surface area is 117 Å². The van der Waals surface area contributed by atoms with Crippen molar-refractivity contribution in [1.82, 2.24) is 9.55 Å². The lowest BCUT2D eigenvalue weighted by Crippen LogP contribution is -2.09. The van der Waals surface area contributed by atoms with E-state index in [0.717, 1.165) is 0 Å². The van der Waals surface area contributed by atoms with E-state index in [2.05, 4.69) is 10.3 Å². The van der Waals surface area contributed by atoms with Gasteiger partial charge in [0.2, 0.25) is 0 Å². The molecule has 1 heterocycles. The van der Waals surface area contributed by atoms with Gasteiger partial charge in [-0.1, -0.05) is 11.6 Å². The molecule has 1 aromatic heterocycles. The highest BCUT2D eigenvalue weighted by molar-refractivity contribution is 6.33. The topological polar surface area (TPSA) is 73.0 Å². The average molecular weight is 303 g/mol. The molecule has 0 fully saturated rings. The zero-order valence-corrected chi connectivity index (χ0v) is 10.7. The Morgan fingerprint density at radius 3 is 2.85 bits per heavy atom. The van der Waals surface area contributed by atoms with Crippen molar-refractivity contribution in [3.63, 3.8) is 0 Å². The molecular formula is C11H9ClF2N4O2. The van der Waals surface area contributed by atoms with Crippen LogP contribution in [0.4, 0.5) is 20.2 Å². The summed E-state index contributed by atoms with van der Waals surface area (Å²) in [4.78, 5) is 13.8. The maximum Gasteiger partial charge on any atom is 0.319 e. The molecule has 0 aliphatic rings. The van der Waals surface area contributed by atoms with Crippen molar-refractivity contribution in [1.29, 1.82) is 0 Å². The summed E-state index contributed by atoms with van der Waals surface area (Å²) < 4.78 is 25.9. The number of non-ortho nitro benzene ring substituents is 1. The predicted octanol–water partition coefficient (Wildman–Crippen LogP) is 3.45. The first kappa shape index (κ1) is 14.2. The first-order chi connectivity index (χ1) is 9.49. The van der Waals surface area contributed by atoms with Gasteiger partial charge in [-0.05, 0) is 6.07 Å². The Kier molecular flexibility index (Phi) is 4.14. The van der Waals surface area contributed by atoms with Crippen LogP contribution in [0.1, 0.15) is 12.4 Å². The van der Waals surface area contributed by atoms with Crippen LogP contribution in [0.3, 0.4) is 0 Å². The van der Waals surface area contributed by atoms with Crippen LogP contribution in [0, 0.1) is 10.1 Å². The smallest absolute Gasteiger partial charge is 0.319 e. The first-order valence-corrected chi connectivity index (χ1v) is 5.84. The number of halogens is 3. The number of rotatable bonds is 5. The van der Waals surface area contributed by atoms with E-state index in [-0.39, 0.29) is 23.1 Å². The van der Waals surface area contributed by atoms with Gasteiger partial charge in [-0.3, -0.25) is 14.7 Å². The first-order valence-electron chi connectivity index (χ1n) is 5.46. The molecule has 2 aromatic rings. The average Bonchev–Trinajstić information content (AvgIpc) is 2.85. The highest BCUT2D eigenvalue weighted by Crippen LogP contribution is 2.27. The van der Waals surface area contributed by atoms with Gasteiger partial charge in [-0.15, -0.1) is 0 Å². The molecule has 1 N–H and O–H groups in total. The number of benzene rings is 1. The maximum atomic E-state index is 12.6. The fourth-order valence-electron chi connectivity index (χ4n) is 1.59. The third-order valence-corrected chi connectivity index (χ3v) is 2.87. The molecule has 0 saturated heterocycles. The number of imidazole rings is 1. The third-order valence-electron chi connectivity index (χ3n) is 2.56. The standard InChI is InChI=1S/C11H9ClF2N4O2/c12-8-5-7(18(19)20)1-2-9(8)16-6-10-15-3-4-17(10)11(13)14/h1-5,11,16H,6H2. The lowest BCUT2D eigenvalue weighted by Gasteiger charge is -2.09. The minimum Gasteiger partial charge on any atom is -0.377 e. The molecule has 0 amide bonds. The molecule has 0 atom stereocenters. The Morgan fingerprint density at radius 1 is 1.50 bits per heavy atom. The summed E-state index contributed by atoms with van der Waals surface area (Å²) in [5.41, 5.74) is 0.260. The molecule has 0 unspecified atom stereocenters. The summed E-state index contributed by atoms with van der Waals surface area (Å²) in [6.45, 7) is -2.66. The lowest BCUT2D eigenvalue weighted by molar-refractivity contribution is -0.384. The second kappa shape index (κ2) is 5.83. The number of alkyl halides is 2. The summed E-state index contributed by atoms with van der Waals surface area (Å²) in [6.07, 6.45) is 2.43. The van der Waals surface area contributed by atoms with Gasteiger partial charge < -0.3 is 5.32 Å². The van der Waals surface area contributed by atoms with E-state index in [1.54, 1.807) is 0 Å². The molecule has 0 aliphatic heterocycles. The quantitative estimate of drug-likeness (QED) is 0.678. The summed E-state index contributed by atoms with van der Waals surface area (Å²) in [5.74, 6) is 0.134. The molecule has 0 aliphatic carbocycles. The van der Waals surface area contributed by atoms with E-state index in [1.807, 2.05) is 0 Å². The van der Waals surface area contributed by atoms with Gasteiger partial charge in [0.1, 0.15) is 5.82 Å². The molecule has 2 rings (SSSR count). The zero-order chi connectivity index (χ0) is 14.7. The Bertz CT molecular complexity index is 633. The Morgan fingerprint density at radius 2 is 2.25 bits per heavy atom. The largest absolute Gasteiger partial charge is 0.377 e. The number of nitrogens with zero attached hydrogens (tertiary/aromatic N) is 3. The number of nitro benzene ring substituents is 1. The van der Waals surface area contributed by atoms with Gasteiger partial charge in [-0.25, -0.2) is 4.98 Å². The van der Waals surface area contributed by atoms with E-state index >= 15 is 0 Å². The van der Waals surface area contributed by atoms with Gasteiger partial charge in [0.05, 0.1) is 22.2 Å². The molecule has 106 valence electrons. The van der Waals surface area contributed by atoms with Crippen LogP contribution in [0.5, 0.6) is 0 Å². The van der Waals surface area contributed by atoms with Crippen molar-refractivity contribution >= 4 is 23.0 Å². The minimum absolute atomic E-state index is 0.0227. The molecule has 1 aromatic carbocycles. The van der Waals surface area contributed by atoms with Gasteiger partial charge in [0.25, 0.3) is 5.69 Å². The summed E-state index contributed by atoms with van der Waals surface area (Å²) >= 11 is 5.87. The molecule has 9 heteroatoms. The number of aromatic nitrogens is 2. The van der Waals surface area contributed by atoms with Crippen molar-refractivity contribution < 1.29 is 13.7 Å². The summed E-state index contributed by atoms with van der Waals surface area (Å²) in [5, 5.41) is 13.5. The number of nitro groups is 1. The van der Waals surface area contributed by atoms with Gasteiger partial charge in [0, 0.05) is 24.5 Å². The Balaban J connectivity index is 2.11. The van der Waals surface area contributed by atoms with Crippen LogP contribution in [-0.4, -0.2) is 14.5 Å².